The van der Waals surface area contributed by atoms with E-state index in [1.165, 1.54) is 5.56 Å². The molecule has 21 heavy (non-hydrogen) atoms. The summed E-state index contributed by atoms with van der Waals surface area (Å²) in [7, 11) is 4.01. The lowest BCUT2D eigenvalue weighted by Crippen LogP contribution is -2.52. The third-order valence-electron chi connectivity index (χ3n) is 4.61. The summed E-state index contributed by atoms with van der Waals surface area (Å²) in [4.78, 5) is 19.7. The van der Waals surface area contributed by atoms with Crippen LogP contribution in [0.5, 0.6) is 5.75 Å². The molecule has 0 aliphatic carbocycles. The third-order valence-corrected chi connectivity index (χ3v) is 4.61. The van der Waals surface area contributed by atoms with Gasteiger partial charge in [0.2, 0.25) is 0 Å². The van der Waals surface area contributed by atoms with Gasteiger partial charge in [0, 0.05) is 38.2 Å². The first kappa shape index (κ1) is 14.4. The summed E-state index contributed by atoms with van der Waals surface area (Å²) >= 11 is 0. The number of likely N-dealkylation sites (N-methyl/N-ethyl adjacent to an activating group) is 1. The maximum absolute atomic E-state index is 11.5. The van der Waals surface area contributed by atoms with E-state index in [1.54, 1.807) is 6.92 Å². The molecule has 0 amide bonds. The second-order valence-corrected chi connectivity index (χ2v) is 6.09. The largest absolute Gasteiger partial charge is 0.427 e. The van der Waals surface area contributed by atoms with E-state index in [9.17, 15) is 4.79 Å². The van der Waals surface area contributed by atoms with Gasteiger partial charge in [0.25, 0.3) is 0 Å². The van der Waals surface area contributed by atoms with E-state index in [0.717, 1.165) is 18.7 Å². The van der Waals surface area contributed by atoms with Crippen molar-refractivity contribution in [2.45, 2.75) is 38.3 Å². The van der Waals surface area contributed by atoms with Crippen LogP contribution in [-0.2, 0) is 15.0 Å². The van der Waals surface area contributed by atoms with Crippen molar-refractivity contribution in [2.75, 3.05) is 25.5 Å². The molecule has 2 aliphatic heterocycles. The summed E-state index contributed by atoms with van der Waals surface area (Å²) in [5.41, 5.74) is 2.27. The van der Waals surface area contributed by atoms with Crippen LogP contribution in [0.1, 0.15) is 32.3 Å². The summed E-state index contributed by atoms with van der Waals surface area (Å²) in [6, 6.07) is 5.86. The normalized spacial score (nSPS) is 28.2. The number of hydrogen-bond acceptors (Lipinski definition) is 5. The lowest BCUT2D eigenvalue weighted by molar-refractivity contribution is -0.226. The second kappa shape index (κ2) is 5.00. The fourth-order valence-corrected chi connectivity index (χ4v) is 3.29. The van der Waals surface area contributed by atoms with Crippen LogP contribution < -0.4 is 9.64 Å². The summed E-state index contributed by atoms with van der Waals surface area (Å²) in [6.45, 7) is 4.91. The molecule has 0 aromatic heterocycles. The number of rotatable bonds is 2. The van der Waals surface area contributed by atoms with Gasteiger partial charge in [-0.25, -0.2) is 0 Å². The lowest BCUT2D eigenvalue weighted by atomic mass is 9.79. The van der Waals surface area contributed by atoms with E-state index in [2.05, 4.69) is 11.8 Å². The van der Waals surface area contributed by atoms with Crippen molar-refractivity contribution in [1.82, 2.24) is 5.06 Å². The molecular weight excluding hydrogens is 268 g/mol. The first-order valence-electron chi connectivity index (χ1n) is 7.41. The Balaban J connectivity index is 1.97. The van der Waals surface area contributed by atoms with Gasteiger partial charge in [-0.1, -0.05) is 13.8 Å². The highest BCUT2D eigenvalue weighted by Crippen LogP contribution is 2.50. The molecular formula is C16H22N2O3. The number of fused-ring (bicyclic) bond motifs is 3. The van der Waals surface area contributed by atoms with E-state index in [0.29, 0.717) is 12.2 Å². The Bertz CT molecular complexity index is 575. The molecule has 1 saturated heterocycles. The molecule has 5 heteroatoms. The average molecular weight is 290 g/mol. The number of esters is 1. The first-order chi connectivity index (χ1) is 9.95. The van der Waals surface area contributed by atoms with Gasteiger partial charge in [-0.05, 0) is 30.2 Å². The van der Waals surface area contributed by atoms with Gasteiger partial charge in [0.1, 0.15) is 5.75 Å². The lowest BCUT2D eigenvalue weighted by Gasteiger charge is -2.42. The van der Waals surface area contributed by atoms with Crippen LogP contribution in [0.4, 0.5) is 5.69 Å². The number of ether oxygens (including phenoxy) is 1. The number of carbonyl (C=O) groups excluding carboxylic acids is 1. The van der Waals surface area contributed by atoms with E-state index in [4.69, 9.17) is 9.57 Å². The van der Waals surface area contributed by atoms with Crippen LogP contribution in [0.25, 0.3) is 0 Å². The van der Waals surface area contributed by atoms with E-state index in [-0.39, 0.29) is 17.6 Å². The predicted octanol–water partition coefficient (Wildman–Crippen LogP) is 2.30. The fourth-order valence-electron chi connectivity index (χ4n) is 3.29. The van der Waals surface area contributed by atoms with E-state index in [1.807, 2.05) is 37.4 Å². The van der Waals surface area contributed by atoms with Crippen LogP contribution in [-0.4, -0.2) is 37.9 Å². The van der Waals surface area contributed by atoms with Gasteiger partial charge < -0.3 is 9.64 Å². The molecule has 0 radical (unpaired) electrons. The molecule has 1 fully saturated rings. The molecule has 0 unspecified atom stereocenters. The molecule has 0 bridgehead atoms. The maximum Gasteiger partial charge on any atom is 0.310 e. The van der Waals surface area contributed by atoms with Gasteiger partial charge in [0.05, 0.1) is 0 Å². The number of benzene rings is 1. The summed E-state index contributed by atoms with van der Waals surface area (Å²) in [6.07, 6.45) is 1.38. The van der Waals surface area contributed by atoms with Gasteiger partial charge in [0.15, 0.2) is 6.23 Å². The van der Waals surface area contributed by atoms with Crippen molar-refractivity contribution in [3.8, 4) is 5.75 Å². The Hall–Kier alpha value is -1.59. The van der Waals surface area contributed by atoms with Crippen molar-refractivity contribution in [1.29, 1.82) is 0 Å². The van der Waals surface area contributed by atoms with Crippen molar-refractivity contribution in [2.24, 2.45) is 0 Å². The molecule has 5 nitrogen and oxygen atoms in total. The number of hydrogen-bond donors (Lipinski definition) is 0. The summed E-state index contributed by atoms with van der Waals surface area (Å²) in [5, 5.41) is 1.90. The quantitative estimate of drug-likeness (QED) is 0.617. The van der Waals surface area contributed by atoms with Crippen molar-refractivity contribution in [3.05, 3.63) is 23.8 Å². The van der Waals surface area contributed by atoms with Crippen LogP contribution in [0, 0.1) is 0 Å². The minimum atomic E-state index is -0.206. The van der Waals surface area contributed by atoms with Crippen LogP contribution >= 0.6 is 0 Å². The number of nitrogens with zero attached hydrogens (tertiary/aromatic N) is 2. The highest BCUT2D eigenvalue weighted by Gasteiger charge is 2.50. The van der Waals surface area contributed by atoms with Crippen molar-refractivity contribution < 1.29 is 14.4 Å². The topological polar surface area (TPSA) is 42.0 Å². The number of carbonyl (C=O) groups is 1. The minimum Gasteiger partial charge on any atom is -0.427 e. The van der Waals surface area contributed by atoms with Gasteiger partial charge in [-0.2, -0.15) is 5.06 Å². The zero-order valence-electron chi connectivity index (χ0n) is 13.0. The van der Waals surface area contributed by atoms with Crippen LogP contribution in [0.3, 0.4) is 0 Å². The predicted molar refractivity (Wildman–Crippen MR) is 80.2 cm³/mol. The van der Waals surface area contributed by atoms with Gasteiger partial charge in [-0.3, -0.25) is 9.63 Å². The second-order valence-electron chi connectivity index (χ2n) is 6.09. The Labute approximate surface area is 125 Å². The molecule has 2 aliphatic rings. The molecule has 1 aromatic carbocycles. The molecule has 1 aromatic rings. The maximum atomic E-state index is 11.5. The molecule has 2 atom stereocenters. The fraction of sp³-hybridized carbons (Fsp3) is 0.562. The molecule has 3 rings (SSSR count). The Morgan fingerprint density at radius 1 is 1.48 bits per heavy atom. The smallest absolute Gasteiger partial charge is 0.310 e. The van der Waals surface area contributed by atoms with Crippen LogP contribution in [0.2, 0.25) is 0 Å². The number of anilines is 1. The molecule has 0 N–H and O–H groups in total. The van der Waals surface area contributed by atoms with Gasteiger partial charge in [-0.15, -0.1) is 0 Å². The Kier molecular flexibility index (Phi) is 3.42. The molecule has 0 saturated carbocycles. The first-order valence-corrected chi connectivity index (χ1v) is 7.41. The highest BCUT2D eigenvalue weighted by atomic mass is 16.7. The zero-order chi connectivity index (χ0) is 15.2. The SMILES string of the molecule is CCC(=O)Oc1ccc2c(c1)[C@]1(C)CCN(C)O[C@@H]1N2C. The Morgan fingerprint density at radius 2 is 2.24 bits per heavy atom. The third kappa shape index (κ3) is 2.21. The van der Waals surface area contributed by atoms with Crippen molar-refractivity contribution >= 4 is 11.7 Å². The molecule has 114 valence electrons. The summed E-state index contributed by atoms with van der Waals surface area (Å²) in [5.74, 6) is 0.414. The van der Waals surface area contributed by atoms with Crippen molar-refractivity contribution in [3.63, 3.8) is 0 Å². The summed E-state index contributed by atoms with van der Waals surface area (Å²) < 4.78 is 5.36. The van der Waals surface area contributed by atoms with Gasteiger partial charge >= 0.3 is 5.97 Å². The molecule has 0 spiro atoms. The Morgan fingerprint density at radius 3 is 2.95 bits per heavy atom. The van der Waals surface area contributed by atoms with E-state index < -0.39 is 0 Å². The molecule has 2 heterocycles. The number of hydroxylamine groups is 2. The zero-order valence-corrected chi connectivity index (χ0v) is 13.0. The highest BCUT2D eigenvalue weighted by molar-refractivity contribution is 5.73. The van der Waals surface area contributed by atoms with E-state index >= 15 is 0 Å². The monoisotopic (exact) mass is 290 g/mol. The van der Waals surface area contributed by atoms with Crippen LogP contribution in [0.15, 0.2) is 18.2 Å². The average Bonchev–Trinajstić information content (AvgIpc) is 2.69. The minimum absolute atomic E-state index is 0.0108. The standard InChI is InChI=1S/C16H22N2O3/c1-5-14(19)20-11-6-7-13-12(10-11)16(2)8-9-17(3)21-15(16)18(13)4/h6-7,10,15H,5,8-9H2,1-4H3/t15-,16-/m0/s1.